The highest BCUT2D eigenvalue weighted by Gasteiger charge is 2.24. The van der Waals surface area contributed by atoms with Crippen LogP contribution >= 0.6 is 35.1 Å². The van der Waals surface area contributed by atoms with Gasteiger partial charge in [0.15, 0.2) is 5.13 Å². The fraction of sp³-hybridized carbons (Fsp3) is 0.600. The Kier molecular flexibility index (Phi) is 6.79. The number of halogens is 1. The topological polar surface area (TPSA) is 58.3 Å². The van der Waals surface area contributed by atoms with Crippen LogP contribution in [-0.2, 0) is 13.1 Å². The van der Waals surface area contributed by atoms with Gasteiger partial charge in [-0.15, -0.1) is 35.1 Å². The van der Waals surface area contributed by atoms with Gasteiger partial charge in [0.1, 0.15) is 0 Å². The minimum atomic E-state index is 0. The standard InChI is InChI=1S/C15H23N5S2.ClH/c1-11-14(21-10-18-11)9-19(2)6-12-3-4-20(7-12)8-13-5-17-15(16)22-13;/h5,10,12H,3-4,6-9H2,1-2H3,(H2,16,17);1H. The number of nitrogens with two attached hydrogens (primary N) is 1. The maximum absolute atomic E-state index is 5.70. The molecule has 1 fully saturated rings. The third kappa shape index (κ3) is 5.12. The Morgan fingerprint density at radius 3 is 2.91 bits per heavy atom. The van der Waals surface area contributed by atoms with E-state index in [4.69, 9.17) is 5.73 Å². The van der Waals surface area contributed by atoms with E-state index in [1.54, 1.807) is 22.7 Å². The molecule has 1 aliphatic heterocycles. The van der Waals surface area contributed by atoms with Gasteiger partial charge in [-0.2, -0.15) is 0 Å². The molecule has 0 aromatic carbocycles. The number of hydrogen-bond acceptors (Lipinski definition) is 7. The van der Waals surface area contributed by atoms with Crippen molar-refractivity contribution < 1.29 is 0 Å². The molecule has 3 heterocycles. The molecule has 5 nitrogen and oxygen atoms in total. The molecule has 0 bridgehead atoms. The fourth-order valence-electron chi connectivity index (χ4n) is 3.05. The first-order valence-corrected chi connectivity index (χ1v) is 9.30. The lowest BCUT2D eigenvalue weighted by molar-refractivity contribution is 0.256. The summed E-state index contributed by atoms with van der Waals surface area (Å²) in [5.74, 6) is 0.753. The number of nitrogen functional groups attached to an aromatic ring is 1. The van der Waals surface area contributed by atoms with Crippen LogP contribution in [0.25, 0.3) is 0 Å². The van der Waals surface area contributed by atoms with Crippen molar-refractivity contribution in [2.24, 2.45) is 5.92 Å². The van der Waals surface area contributed by atoms with Crippen LogP contribution in [0.5, 0.6) is 0 Å². The Labute approximate surface area is 151 Å². The largest absolute Gasteiger partial charge is 0.375 e. The van der Waals surface area contributed by atoms with Gasteiger partial charge in [-0.05, 0) is 32.9 Å². The van der Waals surface area contributed by atoms with E-state index in [1.807, 2.05) is 11.7 Å². The molecule has 128 valence electrons. The van der Waals surface area contributed by atoms with Crippen molar-refractivity contribution in [2.75, 3.05) is 32.4 Å². The summed E-state index contributed by atoms with van der Waals surface area (Å²) in [6, 6.07) is 0. The summed E-state index contributed by atoms with van der Waals surface area (Å²) in [7, 11) is 2.21. The van der Waals surface area contributed by atoms with E-state index in [2.05, 4.69) is 33.7 Å². The first kappa shape index (κ1) is 18.6. The van der Waals surface area contributed by atoms with Gasteiger partial charge >= 0.3 is 0 Å². The van der Waals surface area contributed by atoms with Crippen molar-refractivity contribution in [3.8, 4) is 0 Å². The highest BCUT2D eigenvalue weighted by atomic mass is 35.5. The molecule has 8 heteroatoms. The quantitative estimate of drug-likeness (QED) is 0.843. The Morgan fingerprint density at radius 1 is 1.43 bits per heavy atom. The minimum absolute atomic E-state index is 0. The fourth-order valence-corrected chi connectivity index (χ4v) is 4.63. The predicted molar refractivity (Wildman–Crippen MR) is 100 cm³/mol. The van der Waals surface area contributed by atoms with E-state index >= 15 is 0 Å². The van der Waals surface area contributed by atoms with Gasteiger partial charge < -0.3 is 10.6 Å². The van der Waals surface area contributed by atoms with Crippen LogP contribution in [0.4, 0.5) is 5.13 Å². The SMILES string of the molecule is Cc1ncsc1CN(C)CC1CCN(Cc2cnc(N)s2)C1.Cl. The second kappa shape index (κ2) is 8.39. The Hall–Kier alpha value is -0.730. The van der Waals surface area contributed by atoms with Crippen LogP contribution < -0.4 is 5.73 Å². The van der Waals surface area contributed by atoms with E-state index in [9.17, 15) is 0 Å². The van der Waals surface area contributed by atoms with Gasteiger partial charge in [0, 0.05) is 42.1 Å². The molecule has 2 N–H and O–H groups in total. The third-order valence-electron chi connectivity index (χ3n) is 4.15. The van der Waals surface area contributed by atoms with Crippen molar-refractivity contribution in [2.45, 2.75) is 26.4 Å². The molecule has 1 saturated heterocycles. The van der Waals surface area contributed by atoms with Crippen LogP contribution in [0.2, 0.25) is 0 Å². The number of hydrogen-bond donors (Lipinski definition) is 1. The summed E-state index contributed by atoms with van der Waals surface area (Å²) in [5.41, 5.74) is 8.82. The number of nitrogens with zero attached hydrogens (tertiary/aromatic N) is 4. The van der Waals surface area contributed by atoms with Gasteiger partial charge in [0.05, 0.1) is 11.2 Å². The molecule has 0 saturated carbocycles. The van der Waals surface area contributed by atoms with Gasteiger partial charge in [0.2, 0.25) is 0 Å². The zero-order valence-electron chi connectivity index (χ0n) is 13.6. The average molecular weight is 374 g/mol. The molecule has 0 amide bonds. The summed E-state index contributed by atoms with van der Waals surface area (Å²) in [6.45, 7) is 7.59. The van der Waals surface area contributed by atoms with Crippen molar-refractivity contribution >= 4 is 40.2 Å². The number of rotatable bonds is 6. The number of thiazole rings is 2. The normalized spacial score (nSPS) is 18.5. The first-order chi connectivity index (χ1) is 10.6. The zero-order valence-corrected chi connectivity index (χ0v) is 16.0. The van der Waals surface area contributed by atoms with Crippen molar-refractivity contribution in [3.63, 3.8) is 0 Å². The van der Waals surface area contributed by atoms with E-state index in [0.717, 1.165) is 25.6 Å². The van der Waals surface area contributed by atoms with Crippen LogP contribution in [0, 0.1) is 12.8 Å². The zero-order chi connectivity index (χ0) is 15.5. The number of aryl methyl sites for hydroxylation is 1. The highest BCUT2D eigenvalue weighted by molar-refractivity contribution is 7.15. The lowest BCUT2D eigenvalue weighted by Gasteiger charge is -2.21. The van der Waals surface area contributed by atoms with Crippen molar-refractivity contribution in [1.82, 2.24) is 19.8 Å². The monoisotopic (exact) mass is 373 g/mol. The van der Waals surface area contributed by atoms with Crippen molar-refractivity contribution in [3.05, 3.63) is 27.2 Å². The van der Waals surface area contributed by atoms with Crippen molar-refractivity contribution in [1.29, 1.82) is 0 Å². The van der Waals surface area contributed by atoms with E-state index < -0.39 is 0 Å². The number of aromatic nitrogens is 2. The first-order valence-electron chi connectivity index (χ1n) is 7.60. The Balaban J connectivity index is 0.00000192. The van der Waals surface area contributed by atoms with Crippen LogP contribution in [-0.4, -0.2) is 46.4 Å². The highest BCUT2D eigenvalue weighted by Crippen LogP contribution is 2.23. The van der Waals surface area contributed by atoms with Crippen LogP contribution in [0.1, 0.15) is 21.9 Å². The predicted octanol–water partition coefficient (Wildman–Crippen LogP) is 2.87. The lowest BCUT2D eigenvalue weighted by Crippen LogP contribution is -2.27. The molecule has 1 unspecified atom stereocenters. The number of likely N-dealkylation sites (tertiary alicyclic amines) is 1. The molecule has 0 radical (unpaired) electrons. The smallest absolute Gasteiger partial charge is 0.180 e. The van der Waals surface area contributed by atoms with Gasteiger partial charge in [-0.25, -0.2) is 9.97 Å². The molecule has 3 rings (SSSR count). The van der Waals surface area contributed by atoms with Crippen LogP contribution in [0.3, 0.4) is 0 Å². The van der Waals surface area contributed by atoms with Crippen LogP contribution in [0.15, 0.2) is 11.7 Å². The van der Waals surface area contributed by atoms with Gasteiger partial charge in [-0.3, -0.25) is 4.90 Å². The second-order valence-corrected chi connectivity index (χ2v) is 8.20. The maximum atomic E-state index is 5.70. The van der Waals surface area contributed by atoms with E-state index in [1.165, 1.54) is 35.0 Å². The summed E-state index contributed by atoms with van der Waals surface area (Å²) < 4.78 is 0. The number of anilines is 1. The molecule has 0 aliphatic carbocycles. The third-order valence-corrected chi connectivity index (χ3v) is 5.88. The molecular weight excluding hydrogens is 350 g/mol. The second-order valence-electron chi connectivity index (χ2n) is 6.11. The molecule has 2 aromatic heterocycles. The Morgan fingerprint density at radius 2 is 2.26 bits per heavy atom. The molecule has 1 aliphatic rings. The van der Waals surface area contributed by atoms with Gasteiger partial charge in [0.25, 0.3) is 0 Å². The van der Waals surface area contributed by atoms with Gasteiger partial charge in [-0.1, -0.05) is 0 Å². The summed E-state index contributed by atoms with van der Waals surface area (Å²) in [6.07, 6.45) is 3.19. The maximum Gasteiger partial charge on any atom is 0.180 e. The average Bonchev–Trinajstić information content (AvgIpc) is 3.16. The molecule has 1 atom stereocenters. The molecule has 2 aromatic rings. The Bertz CT molecular complexity index is 615. The lowest BCUT2D eigenvalue weighted by atomic mass is 10.1. The van der Waals surface area contributed by atoms with E-state index in [-0.39, 0.29) is 12.4 Å². The summed E-state index contributed by atoms with van der Waals surface area (Å²) in [5, 5.41) is 0.672. The molecule has 0 spiro atoms. The summed E-state index contributed by atoms with van der Waals surface area (Å²) in [4.78, 5) is 16.1. The van der Waals surface area contributed by atoms with E-state index in [0.29, 0.717) is 5.13 Å². The molecule has 23 heavy (non-hydrogen) atoms. The minimum Gasteiger partial charge on any atom is -0.375 e. The summed E-state index contributed by atoms with van der Waals surface area (Å²) >= 11 is 3.36. The molecular formula is C15H24ClN5S2.